The molecule has 0 aromatic carbocycles. The van der Waals surface area contributed by atoms with Crippen LogP contribution in [0.15, 0.2) is 22.7 Å². The van der Waals surface area contributed by atoms with Crippen molar-refractivity contribution in [2.24, 2.45) is 17.8 Å². The first-order chi connectivity index (χ1) is 9.63. The van der Waals surface area contributed by atoms with E-state index in [0.717, 1.165) is 38.0 Å². The van der Waals surface area contributed by atoms with Crippen molar-refractivity contribution in [1.82, 2.24) is 10.1 Å². The molecule has 0 N–H and O–H groups in total. The lowest BCUT2D eigenvalue weighted by molar-refractivity contribution is 0.0742. The van der Waals surface area contributed by atoms with E-state index in [0.29, 0.717) is 23.5 Å². The number of amides is 1. The van der Waals surface area contributed by atoms with Crippen LogP contribution in [-0.2, 0) is 6.42 Å². The van der Waals surface area contributed by atoms with Gasteiger partial charge in [-0.15, -0.1) is 0 Å². The summed E-state index contributed by atoms with van der Waals surface area (Å²) in [6.07, 6.45) is 7.54. The second-order valence-electron chi connectivity index (χ2n) is 6.45. The van der Waals surface area contributed by atoms with Gasteiger partial charge in [0.2, 0.25) is 5.76 Å². The molecule has 0 radical (unpaired) electrons. The molecule has 4 nitrogen and oxygen atoms in total. The molecule has 2 atom stereocenters. The molecule has 1 aliphatic carbocycles. The van der Waals surface area contributed by atoms with Crippen molar-refractivity contribution < 1.29 is 9.32 Å². The molecule has 1 aromatic rings. The number of fused-ring (bicyclic) bond motifs is 1. The zero-order valence-corrected chi connectivity index (χ0v) is 12.2. The van der Waals surface area contributed by atoms with Crippen LogP contribution in [0.2, 0.25) is 0 Å². The summed E-state index contributed by atoms with van der Waals surface area (Å²) < 4.78 is 5.24. The molecular weight excluding hydrogens is 252 g/mol. The number of hydrogen-bond donors (Lipinski definition) is 0. The fourth-order valence-electron chi connectivity index (χ4n) is 3.26. The minimum atomic E-state index is 0.00176. The first kappa shape index (κ1) is 13.4. The normalized spacial score (nSPS) is 25.2. The monoisotopic (exact) mass is 274 g/mol. The molecule has 1 amide bonds. The second-order valence-corrected chi connectivity index (χ2v) is 6.45. The minimum absolute atomic E-state index is 0.00176. The molecule has 0 saturated carbocycles. The summed E-state index contributed by atoms with van der Waals surface area (Å²) in [6.45, 7) is 5.98. The van der Waals surface area contributed by atoms with E-state index in [1.54, 1.807) is 0 Å². The summed E-state index contributed by atoms with van der Waals surface area (Å²) >= 11 is 0. The average molecular weight is 274 g/mol. The zero-order chi connectivity index (χ0) is 14.1. The quantitative estimate of drug-likeness (QED) is 0.796. The van der Waals surface area contributed by atoms with Crippen LogP contribution >= 0.6 is 0 Å². The first-order valence-corrected chi connectivity index (χ1v) is 7.53. The number of rotatable bonds is 3. The summed E-state index contributed by atoms with van der Waals surface area (Å²) in [5, 5.41) is 4.00. The number of carbonyl (C=O) groups excluding carboxylic acids is 1. The lowest BCUT2D eigenvalue weighted by Crippen LogP contribution is -2.28. The minimum Gasteiger partial charge on any atom is -0.351 e. The Kier molecular flexibility index (Phi) is 3.64. The predicted octanol–water partition coefficient (Wildman–Crippen LogP) is 2.91. The maximum absolute atomic E-state index is 12.5. The maximum Gasteiger partial charge on any atom is 0.292 e. The number of aromatic nitrogens is 1. The summed E-state index contributed by atoms with van der Waals surface area (Å²) in [5.74, 6) is 2.17. The molecule has 2 aliphatic rings. The van der Waals surface area contributed by atoms with Gasteiger partial charge in [0.1, 0.15) is 0 Å². The largest absolute Gasteiger partial charge is 0.351 e. The Morgan fingerprint density at radius 1 is 1.35 bits per heavy atom. The third kappa shape index (κ3) is 2.65. The number of likely N-dealkylation sites (tertiary alicyclic amines) is 1. The van der Waals surface area contributed by atoms with Crippen LogP contribution in [0.25, 0.3) is 0 Å². The van der Waals surface area contributed by atoms with Gasteiger partial charge in [-0.1, -0.05) is 31.2 Å². The van der Waals surface area contributed by atoms with E-state index < -0.39 is 0 Å². The number of hydrogen-bond acceptors (Lipinski definition) is 3. The molecule has 1 saturated heterocycles. The van der Waals surface area contributed by atoms with Crippen molar-refractivity contribution in [1.29, 1.82) is 0 Å². The van der Waals surface area contributed by atoms with Crippen molar-refractivity contribution in [2.75, 3.05) is 13.1 Å². The molecule has 0 spiro atoms. The van der Waals surface area contributed by atoms with Crippen molar-refractivity contribution in [2.45, 2.75) is 33.1 Å². The van der Waals surface area contributed by atoms with Gasteiger partial charge < -0.3 is 9.42 Å². The fraction of sp³-hybridized carbons (Fsp3) is 0.625. The highest BCUT2D eigenvalue weighted by molar-refractivity contribution is 5.91. The highest BCUT2D eigenvalue weighted by Gasteiger charge is 2.36. The van der Waals surface area contributed by atoms with Crippen LogP contribution in [0.3, 0.4) is 0 Å². The van der Waals surface area contributed by atoms with Gasteiger partial charge in [-0.25, -0.2) is 0 Å². The van der Waals surface area contributed by atoms with Gasteiger partial charge in [-0.3, -0.25) is 4.79 Å². The van der Waals surface area contributed by atoms with Crippen molar-refractivity contribution in [3.63, 3.8) is 0 Å². The van der Waals surface area contributed by atoms with E-state index in [9.17, 15) is 4.79 Å². The Balaban J connectivity index is 1.66. The highest BCUT2D eigenvalue weighted by Crippen LogP contribution is 2.33. The van der Waals surface area contributed by atoms with Crippen LogP contribution < -0.4 is 0 Å². The number of nitrogens with zero attached hydrogens (tertiary/aromatic N) is 2. The summed E-state index contributed by atoms with van der Waals surface area (Å²) in [4.78, 5) is 14.4. The van der Waals surface area contributed by atoms with Gasteiger partial charge in [-0.2, -0.15) is 0 Å². The van der Waals surface area contributed by atoms with Gasteiger partial charge in [0.05, 0.1) is 5.69 Å². The van der Waals surface area contributed by atoms with E-state index in [2.05, 4.69) is 31.2 Å². The van der Waals surface area contributed by atoms with Gasteiger partial charge in [0, 0.05) is 19.2 Å². The number of allylic oxidation sites excluding steroid dienone is 2. The number of carbonyl (C=O) groups is 1. The second kappa shape index (κ2) is 5.43. The molecule has 1 aliphatic heterocycles. The molecule has 4 heteroatoms. The van der Waals surface area contributed by atoms with Crippen LogP contribution in [0.1, 0.15) is 42.9 Å². The van der Waals surface area contributed by atoms with Gasteiger partial charge in [0.15, 0.2) is 0 Å². The summed E-state index contributed by atoms with van der Waals surface area (Å²) in [5.41, 5.74) is 0.877. The SMILES string of the molecule is CC(C)Cc1cc(C(=O)N2C[C@H]3CC=CC[C@H]3C2)on1. The Hall–Kier alpha value is -1.58. The maximum atomic E-state index is 12.5. The van der Waals surface area contributed by atoms with Gasteiger partial charge >= 0.3 is 0 Å². The molecule has 3 rings (SSSR count). The lowest BCUT2D eigenvalue weighted by atomic mass is 9.86. The molecule has 108 valence electrons. The molecule has 20 heavy (non-hydrogen) atoms. The van der Waals surface area contributed by atoms with Gasteiger partial charge in [-0.05, 0) is 37.0 Å². The Labute approximate surface area is 119 Å². The fourth-order valence-corrected chi connectivity index (χ4v) is 3.26. The topological polar surface area (TPSA) is 46.3 Å². The van der Waals surface area contributed by atoms with Crippen LogP contribution in [0.5, 0.6) is 0 Å². The first-order valence-electron chi connectivity index (χ1n) is 7.53. The molecule has 0 unspecified atom stereocenters. The molecule has 1 fully saturated rings. The summed E-state index contributed by atoms with van der Waals surface area (Å²) in [7, 11) is 0. The Morgan fingerprint density at radius 2 is 2.00 bits per heavy atom. The molecule has 1 aromatic heterocycles. The standard InChI is InChI=1S/C16H22N2O2/c1-11(2)7-14-8-15(20-17-14)16(19)18-9-12-5-3-4-6-13(12)10-18/h3-4,8,11-13H,5-7,9-10H2,1-2H3/t12-,13+. The van der Waals surface area contributed by atoms with Crippen LogP contribution in [-0.4, -0.2) is 29.1 Å². The van der Waals surface area contributed by atoms with E-state index in [4.69, 9.17) is 4.52 Å². The van der Waals surface area contributed by atoms with E-state index in [-0.39, 0.29) is 5.91 Å². The molecule has 2 heterocycles. The van der Waals surface area contributed by atoms with Crippen molar-refractivity contribution in [3.05, 3.63) is 29.7 Å². The Bertz CT molecular complexity index is 502. The van der Waals surface area contributed by atoms with E-state index in [1.165, 1.54) is 0 Å². The third-order valence-corrected chi connectivity index (χ3v) is 4.30. The third-order valence-electron chi connectivity index (χ3n) is 4.30. The van der Waals surface area contributed by atoms with Crippen LogP contribution in [0.4, 0.5) is 0 Å². The lowest BCUT2D eigenvalue weighted by Gasteiger charge is -2.17. The van der Waals surface area contributed by atoms with Gasteiger partial charge in [0.25, 0.3) is 5.91 Å². The zero-order valence-electron chi connectivity index (χ0n) is 12.2. The van der Waals surface area contributed by atoms with Crippen molar-refractivity contribution >= 4 is 5.91 Å². The molecular formula is C16H22N2O2. The van der Waals surface area contributed by atoms with Crippen LogP contribution in [0, 0.1) is 17.8 Å². The molecule has 0 bridgehead atoms. The average Bonchev–Trinajstić information content (AvgIpc) is 3.03. The highest BCUT2D eigenvalue weighted by atomic mass is 16.5. The van der Waals surface area contributed by atoms with E-state index in [1.807, 2.05) is 11.0 Å². The predicted molar refractivity (Wildman–Crippen MR) is 76.3 cm³/mol. The van der Waals surface area contributed by atoms with E-state index >= 15 is 0 Å². The Morgan fingerprint density at radius 3 is 2.60 bits per heavy atom. The van der Waals surface area contributed by atoms with Crippen molar-refractivity contribution in [3.8, 4) is 0 Å². The summed E-state index contributed by atoms with van der Waals surface area (Å²) in [6, 6.07) is 1.81. The smallest absolute Gasteiger partial charge is 0.292 e.